The number of nitrogens with one attached hydrogen (secondary N) is 1. The van der Waals surface area contributed by atoms with Gasteiger partial charge in [-0.1, -0.05) is 29.0 Å². The van der Waals surface area contributed by atoms with E-state index in [4.69, 9.17) is 0 Å². The number of aromatic nitrogens is 2. The van der Waals surface area contributed by atoms with Crippen LogP contribution in [0.5, 0.6) is 0 Å². The maximum absolute atomic E-state index is 4.57. The third-order valence-corrected chi connectivity index (χ3v) is 3.97. The largest absolute Gasteiger partial charge is 0.385 e. The number of hydrogen-bond donors (Lipinski definition) is 1. The van der Waals surface area contributed by atoms with Crippen LogP contribution in [-0.2, 0) is 6.42 Å². The molecule has 0 saturated heterocycles. The van der Waals surface area contributed by atoms with Crippen molar-refractivity contribution < 1.29 is 0 Å². The van der Waals surface area contributed by atoms with Crippen LogP contribution in [0.2, 0.25) is 0 Å². The minimum atomic E-state index is 0.892. The van der Waals surface area contributed by atoms with E-state index in [1.165, 1.54) is 5.56 Å². The summed E-state index contributed by atoms with van der Waals surface area (Å²) in [6, 6.07) is 12.4. The molecule has 0 aliphatic carbocycles. The maximum Gasteiger partial charge on any atom is 0.143 e. The van der Waals surface area contributed by atoms with Gasteiger partial charge in [0, 0.05) is 24.8 Å². The van der Waals surface area contributed by atoms with Crippen LogP contribution in [0.3, 0.4) is 0 Å². The fourth-order valence-electron chi connectivity index (χ4n) is 1.91. The lowest BCUT2D eigenvalue weighted by Gasteiger charge is -2.04. The highest BCUT2D eigenvalue weighted by Gasteiger charge is 2.03. The molecule has 2 heterocycles. The molecule has 0 unspecified atom stereocenters. The van der Waals surface area contributed by atoms with Crippen molar-refractivity contribution in [3.63, 3.8) is 0 Å². The molecular formula is C15H15N3S. The molecule has 2 aromatic heterocycles. The van der Waals surface area contributed by atoms with Gasteiger partial charge in [-0.25, -0.2) is 9.97 Å². The van der Waals surface area contributed by atoms with Crippen molar-refractivity contribution in [2.24, 2.45) is 0 Å². The molecule has 4 heteroatoms. The Kier molecular flexibility index (Phi) is 3.42. The molecule has 96 valence electrons. The smallest absolute Gasteiger partial charge is 0.143 e. The van der Waals surface area contributed by atoms with Crippen LogP contribution in [0, 0.1) is 6.92 Å². The van der Waals surface area contributed by atoms with Gasteiger partial charge in [0.15, 0.2) is 0 Å². The van der Waals surface area contributed by atoms with E-state index >= 15 is 0 Å². The van der Waals surface area contributed by atoms with E-state index in [-0.39, 0.29) is 0 Å². The second-order valence-electron chi connectivity index (χ2n) is 4.48. The van der Waals surface area contributed by atoms with E-state index in [1.807, 2.05) is 18.3 Å². The monoisotopic (exact) mass is 269 g/mol. The summed E-state index contributed by atoms with van der Waals surface area (Å²) in [5, 5.41) is 4.54. The van der Waals surface area contributed by atoms with Crippen LogP contribution in [-0.4, -0.2) is 16.5 Å². The van der Waals surface area contributed by atoms with Crippen LogP contribution < -0.4 is 5.32 Å². The van der Waals surface area contributed by atoms with E-state index < -0.39 is 0 Å². The van der Waals surface area contributed by atoms with Gasteiger partial charge < -0.3 is 5.32 Å². The highest BCUT2D eigenvalue weighted by atomic mass is 32.1. The van der Waals surface area contributed by atoms with Gasteiger partial charge in [-0.05, 0) is 31.2 Å². The molecule has 0 aliphatic heterocycles. The first kappa shape index (κ1) is 12.1. The molecule has 0 fully saturated rings. The summed E-state index contributed by atoms with van der Waals surface area (Å²) in [5.41, 5.74) is 3.44. The number of anilines is 1. The molecule has 0 aliphatic rings. The number of benzene rings is 1. The zero-order valence-electron chi connectivity index (χ0n) is 10.8. The predicted octanol–water partition coefficient (Wildman–Crippen LogP) is 3.65. The highest BCUT2D eigenvalue weighted by molar-refractivity contribution is 7.18. The second kappa shape index (κ2) is 5.36. The average Bonchev–Trinajstić information content (AvgIpc) is 2.83. The van der Waals surface area contributed by atoms with Crippen molar-refractivity contribution in [1.29, 1.82) is 0 Å². The van der Waals surface area contributed by atoms with Crippen molar-refractivity contribution in [3.05, 3.63) is 53.2 Å². The Morgan fingerprint density at radius 1 is 1.16 bits per heavy atom. The van der Waals surface area contributed by atoms with Crippen molar-refractivity contribution in [2.45, 2.75) is 13.3 Å². The Labute approximate surface area is 116 Å². The molecule has 0 bridgehead atoms. The van der Waals surface area contributed by atoms with Crippen molar-refractivity contribution >= 4 is 27.4 Å². The lowest BCUT2D eigenvalue weighted by atomic mass is 10.2. The summed E-state index contributed by atoms with van der Waals surface area (Å²) >= 11 is 1.67. The number of hydrogen-bond acceptors (Lipinski definition) is 4. The second-order valence-corrected chi connectivity index (χ2v) is 5.54. The van der Waals surface area contributed by atoms with Gasteiger partial charge in [-0.3, -0.25) is 0 Å². The lowest BCUT2D eigenvalue weighted by molar-refractivity contribution is 1.00. The van der Waals surface area contributed by atoms with E-state index in [0.717, 1.165) is 34.0 Å². The maximum atomic E-state index is 4.57. The van der Waals surface area contributed by atoms with E-state index in [1.54, 1.807) is 11.3 Å². The molecule has 0 radical (unpaired) electrons. The Bertz CT molecular complexity index is 640. The van der Waals surface area contributed by atoms with Gasteiger partial charge in [0.25, 0.3) is 0 Å². The van der Waals surface area contributed by atoms with E-state index in [2.05, 4.69) is 46.5 Å². The molecule has 0 amide bonds. The van der Waals surface area contributed by atoms with Crippen LogP contribution in [0.1, 0.15) is 10.6 Å². The average molecular weight is 269 g/mol. The SMILES string of the molecule is Cc1ccc(NCCc2nc3cccnc3s2)cc1. The Morgan fingerprint density at radius 3 is 2.79 bits per heavy atom. The summed E-state index contributed by atoms with van der Waals surface area (Å²) in [6.45, 7) is 2.99. The normalized spacial score (nSPS) is 10.8. The fourth-order valence-corrected chi connectivity index (χ4v) is 2.81. The molecular weight excluding hydrogens is 254 g/mol. The lowest BCUT2D eigenvalue weighted by Crippen LogP contribution is -2.04. The summed E-state index contributed by atoms with van der Waals surface area (Å²) in [4.78, 5) is 9.91. The van der Waals surface area contributed by atoms with Crippen LogP contribution in [0.4, 0.5) is 5.69 Å². The number of thiazole rings is 1. The van der Waals surface area contributed by atoms with E-state index in [9.17, 15) is 0 Å². The molecule has 0 saturated carbocycles. The topological polar surface area (TPSA) is 37.8 Å². The van der Waals surface area contributed by atoms with Gasteiger partial charge in [0.2, 0.25) is 0 Å². The standard InChI is InChI=1S/C15H15N3S/c1-11-4-6-12(7-5-11)16-10-8-14-18-13-3-2-9-17-15(13)19-14/h2-7,9,16H,8,10H2,1H3. The van der Waals surface area contributed by atoms with Gasteiger partial charge in [0.05, 0.1) is 5.01 Å². The predicted molar refractivity (Wildman–Crippen MR) is 80.8 cm³/mol. The zero-order valence-corrected chi connectivity index (χ0v) is 11.6. The third-order valence-electron chi connectivity index (χ3n) is 2.93. The van der Waals surface area contributed by atoms with Crippen LogP contribution in [0.15, 0.2) is 42.6 Å². The van der Waals surface area contributed by atoms with Gasteiger partial charge in [0.1, 0.15) is 10.3 Å². The molecule has 1 N–H and O–H groups in total. The van der Waals surface area contributed by atoms with Crippen molar-refractivity contribution in [1.82, 2.24) is 9.97 Å². The summed E-state index contributed by atoms with van der Waals surface area (Å²) in [6.07, 6.45) is 2.74. The van der Waals surface area contributed by atoms with Crippen LogP contribution in [0.25, 0.3) is 10.3 Å². The Hall–Kier alpha value is -1.94. The van der Waals surface area contributed by atoms with Crippen molar-refractivity contribution in [2.75, 3.05) is 11.9 Å². The van der Waals surface area contributed by atoms with Gasteiger partial charge in [-0.15, -0.1) is 0 Å². The first-order chi connectivity index (χ1) is 9.31. The number of rotatable bonds is 4. The van der Waals surface area contributed by atoms with Crippen molar-refractivity contribution in [3.8, 4) is 0 Å². The minimum Gasteiger partial charge on any atom is -0.385 e. The van der Waals surface area contributed by atoms with E-state index in [0.29, 0.717) is 0 Å². The minimum absolute atomic E-state index is 0.892. The third kappa shape index (κ3) is 2.90. The molecule has 0 spiro atoms. The summed E-state index contributed by atoms with van der Waals surface area (Å²) in [5.74, 6) is 0. The molecule has 3 nitrogen and oxygen atoms in total. The Morgan fingerprint density at radius 2 is 2.00 bits per heavy atom. The number of nitrogens with zero attached hydrogens (tertiary/aromatic N) is 2. The number of pyridine rings is 1. The first-order valence-electron chi connectivity index (χ1n) is 6.32. The van der Waals surface area contributed by atoms with Crippen LogP contribution >= 0.6 is 11.3 Å². The molecule has 1 aromatic carbocycles. The highest BCUT2D eigenvalue weighted by Crippen LogP contribution is 2.19. The first-order valence-corrected chi connectivity index (χ1v) is 7.14. The number of fused-ring (bicyclic) bond motifs is 1. The van der Waals surface area contributed by atoms with Gasteiger partial charge >= 0.3 is 0 Å². The molecule has 0 atom stereocenters. The molecule has 3 aromatic rings. The fraction of sp³-hybridized carbons (Fsp3) is 0.200. The number of aryl methyl sites for hydroxylation is 1. The Balaban J connectivity index is 1.61. The summed E-state index contributed by atoms with van der Waals surface area (Å²) in [7, 11) is 0. The molecule has 3 rings (SSSR count). The quantitative estimate of drug-likeness (QED) is 0.785. The molecule has 19 heavy (non-hydrogen) atoms. The van der Waals surface area contributed by atoms with Gasteiger partial charge in [-0.2, -0.15) is 0 Å². The zero-order chi connectivity index (χ0) is 13.1. The summed E-state index contributed by atoms with van der Waals surface area (Å²) < 4.78 is 0.